The second-order valence-electron chi connectivity index (χ2n) is 1.89. The van der Waals surface area contributed by atoms with Gasteiger partial charge in [-0.05, 0) is 12.8 Å². The van der Waals surface area contributed by atoms with Crippen molar-refractivity contribution in [3.05, 3.63) is 5.92 Å². The summed E-state index contributed by atoms with van der Waals surface area (Å²) in [6.07, 6.45) is 1.24. The lowest BCUT2D eigenvalue weighted by molar-refractivity contribution is 0.223. The third-order valence-electron chi connectivity index (χ3n) is 1.14. The molecule has 3 nitrogen and oxygen atoms in total. The fourth-order valence-electron chi connectivity index (χ4n) is 0.537. The predicted molar refractivity (Wildman–Crippen MR) is 33.7 cm³/mol. The summed E-state index contributed by atoms with van der Waals surface area (Å²) in [6, 6.07) is 0. The van der Waals surface area contributed by atoms with Gasteiger partial charge in [0.15, 0.2) is 0 Å². The van der Waals surface area contributed by atoms with Crippen molar-refractivity contribution in [3.8, 4) is 0 Å². The van der Waals surface area contributed by atoms with Gasteiger partial charge >= 0.3 is 0 Å². The molecule has 0 fully saturated rings. The third kappa shape index (κ3) is 4.39. The molecular formula is C6H13O3. The van der Waals surface area contributed by atoms with E-state index < -0.39 is 0 Å². The smallest absolute Gasteiger partial charge is 0.0516 e. The number of aliphatic hydroxyl groups excluding tert-OH is 3. The Kier molecular flexibility index (Phi) is 5.93. The third-order valence-corrected chi connectivity index (χ3v) is 1.14. The van der Waals surface area contributed by atoms with Crippen molar-refractivity contribution in [1.29, 1.82) is 0 Å². The van der Waals surface area contributed by atoms with Gasteiger partial charge < -0.3 is 15.3 Å². The maximum atomic E-state index is 8.47. The molecule has 0 unspecified atom stereocenters. The lowest BCUT2D eigenvalue weighted by atomic mass is 10.1. The van der Waals surface area contributed by atoms with Crippen LogP contribution in [0.15, 0.2) is 0 Å². The second kappa shape index (κ2) is 6.01. The van der Waals surface area contributed by atoms with E-state index in [1.54, 1.807) is 0 Å². The van der Waals surface area contributed by atoms with E-state index in [0.717, 1.165) is 0 Å². The molecule has 3 N–H and O–H groups in total. The average molecular weight is 133 g/mol. The van der Waals surface area contributed by atoms with Crippen LogP contribution in [0, 0.1) is 5.92 Å². The molecule has 0 rings (SSSR count). The molecule has 0 saturated heterocycles. The van der Waals surface area contributed by atoms with Crippen LogP contribution in [0.5, 0.6) is 0 Å². The Hall–Kier alpha value is -0.120. The topological polar surface area (TPSA) is 60.7 Å². The molecule has 0 spiro atoms. The molecule has 0 aromatic heterocycles. The van der Waals surface area contributed by atoms with Gasteiger partial charge in [0.2, 0.25) is 0 Å². The molecule has 0 amide bonds. The molecule has 0 aliphatic carbocycles. The van der Waals surface area contributed by atoms with Gasteiger partial charge in [-0.1, -0.05) is 0 Å². The molecule has 0 saturated carbocycles. The minimum Gasteiger partial charge on any atom is -0.396 e. The summed E-state index contributed by atoms with van der Waals surface area (Å²) in [6.45, 7) is -0.0313. The van der Waals surface area contributed by atoms with Crippen LogP contribution in [-0.2, 0) is 0 Å². The zero-order valence-electron chi connectivity index (χ0n) is 5.38. The Morgan fingerprint density at radius 1 is 1.00 bits per heavy atom. The van der Waals surface area contributed by atoms with E-state index in [0.29, 0.717) is 18.8 Å². The van der Waals surface area contributed by atoms with Gasteiger partial charge in [-0.15, -0.1) is 0 Å². The summed E-state index contributed by atoms with van der Waals surface area (Å²) in [5.74, 6) is 0.684. The van der Waals surface area contributed by atoms with E-state index in [1.807, 2.05) is 0 Å². The van der Waals surface area contributed by atoms with Gasteiger partial charge in [-0.25, -0.2) is 0 Å². The van der Waals surface area contributed by atoms with E-state index in [9.17, 15) is 0 Å². The van der Waals surface area contributed by atoms with Crippen molar-refractivity contribution in [3.63, 3.8) is 0 Å². The first-order valence-corrected chi connectivity index (χ1v) is 3.01. The van der Waals surface area contributed by atoms with E-state index in [1.165, 1.54) is 0 Å². The Bertz CT molecular complexity index is 52.3. The summed E-state index contributed by atoms with van der Waals surface area (Å²) in [5, 5.41) is 25.3. The van der Waals surface area contributed by atoms with Gasteiger partial charge in [-0.2, -0.15) is 0 Å². The zero-order chi connectivity index (χ0) is 7.11. The fourth-order valence-corrected chi connectivity index (χ4v) is 0.537. The predicted octanol–water partition coefficient (Wildman–Crippen LogP) is -0.682. The van der Waals surface area contributed by atoms with Crippen LogP contribution < -0.4 is 0 Å². The van der Waals surface area contributed by atoms with Gasteiger partial charge in [0.05, 0.1) is 13.2 Å². The minimum atomic E-state index is -0.0729. The molecule has 55 valence electrons. The summed E-state index contributed by atoms with van der Waals surface area (Å²) in [7, 11) is 0. The molecule has 0 aromatic carbocycles. The summed E-state index contributed by atoms with van der Waals surface area (Å²) >= 11 is 0. The zero-order valence-corrected chi connectivity index (χ0v) is 5.38. The first kappa shape index (κ1) is 8.88. The molecule has 0 aliphatic rings. The van der Waals surface area contributed by atoms with E-state index in [-0.39, 0.29) is 19.8 Å². The number of hydrogen-bond donors (Lipinski definition) is 3. The summed E-state index contributed by atoms with van der Waals surface area (Å²) in [4.78, 5) is 0. The fraction of sp³-hybridized carbons (Fsp3) is 0.833. The standard InChI is InChI=1S/C6H13O3/c7-3-1-2-6(4-8)5-9/h7-9H,1-5H2. The van der Waals surface area contributed by atoms with Crippen molar-refractivity contribution >= 4 is 0 Å². The molecular weight excluding hydrogens is 120 g/mol. The minimum absolute atomic E-state index is 0.0729. The van der Waals surface area contributed by atoms with Gasteiger partial charge in [-0.3, -0.25) is 0 Å². The van der Waals surface area contributed by atoms with Crippen molar-refractivity contribution < 1.29 is 15.3 Å². The van der Waals surface area contributed by atoms with Crippen LogP contribution in [0.1, 0.15) is 12.8 Å². The van der Waals surface area contributed by atoms with E-state index >= 15 is 0 Å². The van der Waals surface area contributed by atoms with Crippen LogP contribution in [0.3, 0.4) is 0 Å². The number of hydrogen-bond acceptors (Lipinski definition) is 3. The molecule has 0 atom stereocenters. The molecule has 9 heavy (non-hydrogen) atoms. The van der Waals surface area contributed by atoms with E-state index in [4.69, 9.17) is 15.3 Å². The second-order valence-corrected chi connectivity index (χ2v) is 1.89. The quantitative estimate of drug-likeness (QED) is 0.465. The molecule has 0 aromatic rings. The largest absolute Gasteiger partial charge is 0.396 e. The molecule has 0 heterocycles. The van der Waals surface area contributed by atoms with Crippen LogP contribution >= 0.6 is 0 Å². The van der Waals surface area contributed by atoms with Crippen molar-refractivity contribution in [2.45, 2.75) is 12.8 Å². The van der Waals surface area contributed by atoms with Crippen molar-refractivity contribution in [1.82, 2.24) is 0 Å². The first-order valence-electron chi connectivity index (χ1n) is 3.01. The molecule has 0 bridgehead atoms. The van der Waals surface area contributed by atoms with Crippen molar-refractivity contribution in [2.75, 3.05) is 19.8 Å². The lowest BCUT2D eigenvalue weighted by Crippen LogP contribution is -2.08. The highest BCUT2D eigenvalue weighted by Crippen LogP contribution is 2.05. The monoisotopic (exact) mass is 133 g/mol. The lowest BCUT2D eigenvalue weighted by Gasteiger charge is -2.06. The van der Waals surface area contributed by atoms with Crippen LogP contribution in [-0.4, -0.2) is 35.1 Å². The normalized spacial score (nSPS) is 10.7. The Morgan fingerprint density at radius 3 is 1.89 bits per heavy atom. The highest BCUT2D eigenvalue weighted by atomic mass is 16.3. The van der Waals surface area contributed by atoms with Crippen LogP contribution in [0.25, 0.3) is 0 Å². The Morgan fingerprint density at radius 2 is 1.56 bits per heavy atom. The van der Waals surface area contributed by atoms with Crippen molar-refractivity contribution in [2.24, 2.45) is 0 Å². The summed E-state index contributed by atoms with van der Waals surface area (Å²) in [5.41, 5.74) is 0. The van der Waals surface area contributed by atoms with Gasteiger partial charge in [0.1, 0.15) is 0 Å². The highest BCUT2D eigenvalue weighted by molar-refractivity contribution is 4.87. The van der Waals surface area contributed by atoms with Crippen LogP contribution in [0.4, 0.5) is 0 Å². The Labute approximate surface area is 54.9 Å². The maximum Gasteiger partial charge on any atom is 0.0516 e. The highest BCUT2D eigenvalue weighted by Gasteiger charge is 2.04. The number of aliphatic hydroxyl groups is 3. The molecule has 1 radical (unpaired) electrons. The maximum absolute atomic E-state index is 8.47. The molecule has 0 aliphatic heterocycles. The SMILES string of the molecule is OCCC[C](CO)CO. The summed E-state index contributed by atoms with van der Waals surface area (Å²) < 4.78 is 0. The van der Waals surface area contributed by atoms with Gasteiger partial charge in [0, 0.05) is 12.5 Å². The van der Waals surface area contributed by atoms with Crippen LogP contribution in [0.2, 0.25) is 0 Å². The van der Waals surface area contributed by atoms with Gasteiger partial charge in [0.25, 0.3) is 0 Å². The Balaban J connectivity index is 3.09. The average Bonchev–Trinajstić information content (AvgIpc) is 1.91. The molecule has 3 heteroatoms. The van der Waals surface area contributed by atoms with E-state index in [2.05, 4.69) is 0 Å². The number of rotatable bonds is 5. The first-order chi connectivity index (χ1) is 4.35.